The normalized spacial score (nSPS) is 18.0. The average Bonchev–Trinajstić information content (AvgIpc) is 2.37. The molecule has 21 heavy (non-hydrogen) atoms. The van der Waals surface area contributed by atoms with Crippen molar-refractivity contribution in [1.29, 1.82) is 0 Å². The summed E-state index contributed by atoms with van der Waals surface area (Å²) >= 11 is 0. The smallest absolute Gasteiger partial charge is 0.419 e. The Bertz CT molecular complexity index is 581. The number of hydrogen-bond acceptors (Lipinski definition) is 6. The van der Waals surface area contributed by atoms with E-state index in [-0.39, 0.29) is 11.9 Å². The van der Waals surface area contributed by atoms with Crippen LogP contribution in [0, 0.1) is 5.92 Å². The summed E-state index contributed by atoms with van der Waals surface area (Å²) in [4.78, 5) is 9.04. The highest BCUT2D eigenvalue weighted by atomic mass is 32.2. The molecule has 0 aliphatic carbocycles. The maximum Gasteiger partial charge on any atom is 0.419 e. The van der Waals surface area contributed by atoms with Crippen molar-refractivity contribution < 1.29 is 26.1 Å². The molecule has 1 aromatic rings. The lowest BCUT2D eigenvalue weighted by atomic mass is 9.99. The van der Waals surface area contributed by atoms with Gasteiger partial charge in [0, 0.05) is 31.2 Å². The molecule has 0 N–H and O–H groups in total. The minimum absolute atomic E-state index is 0.173. The zero-order valence-electron chi connectivity index (χ0n) is 10.9. The van der Waals surface area contributed by atoms with Crippen molar-refractivity contribution in [2.24, 2.45) is 5.92 Å². The topological polar surface area (TPSA) is 86.2 Å². The standard InChI is InChI=1S/C11H14F3N3O3S/c12-11(13,14)9-5-15-10(16-6-9)17-3-1-8(2-4-17)7-21(18,19)20/h5-6,8H,1-4,7H2,(H,18,19,20)/p-1. The molecule has 0 spiro atoms. The summed E-state index contributed by atoms with van der Waals surface area (Å²) in [5.41, 5.74) is -0.918. The number of alkyl halides is 3. The van der Waals surface area contributed by atoms with Gasteiger partial charge in [0.2, 0.25) is 5.95 Å². The molecule has 0 atom stereocenters. The predicted octanol–water partition coefficient (Wildman–Crippen LogP) is 1.26. The van der Waals surface area contributed by atoms with Crippen LogP contribution in [0.15, 0.2) is 12.4 Å². The number of halogens is 3. The third kappa shape index (κ3) is 4.53. The van der Waals surface area contributed by atoms with E-state index in [1.54, 1.807) is 4.90 Å². The third-order valence-corrected chi connectivity index (χ3v) is 4.18. The fraction of sp³-hybridized carbons (Fsp3) is 0.636. The molecular weight excluding hydrogens is 311 g/mol. The molecule has 0 bridgehead atoms. The molecule has 1 fully saturated rings. The average molecular weight is 324 g/mol. The molecule has 1 aromatic heterocycles. The lowest BCUT2D eigenvalue weighted by molar-refractivity contribution is -0.138. The fourth-order valence-corrected chi connectivity index (χ4v) is 3.13. The van der Waals surface area contributed by atoms with E-state index in [1.165, 1.54) is 0 Å². The second kappa shape index (κ2) is 5.76. The first-order valence-electron chi connectivity index (χ1n) is 6.23. The number of piperidine rings is 1. The van der Waals surface area contributed by atoms with Gasteiger partial charge in [-0.15, -0.1) is 0 Å². The third-order valence-electron chi connectivity index (χ3n) is 3.30. The lowest BCUT2D eigenvalue weighted by Gasteiger charge is -2.32. The predicted molar refractivity (Wildman–Crippen MR) is 66.5 cm³/mol. The van der Waals surface area contributed by atoms with Crippen LogP contribution in [0.1, 0.15) is 18.4 Å². The first-order chi connectivity index (χ1) is 9.65. The molecule has 1 saturated heterocycles. The first-order valence-corrected chi connectivity index (χ1v) is 7.80. The second-order valence-electron chi connectivity index (χ2n) is 4.92. The highest BCUT2D eigenvalue weighted by Gasteiger charge is 2.32. The maximum absolute atomic E-state index is 12.4. The van der Waals surface area contributed by atoms with Gasteiger partial charge >= 0.3 is 6.18 Å². The Morgan fingerprint density at radius 1 is 1.24 bits per heavy atom. The second-order valence-corrected chi connectivity index (χ2v) is 6.37. The summed E-state index contributed by atoms with van der Waals surface area (Å²) in [6.07, 6.45) is -2.11. The van der Waals surface area contributed by atoms with Crippen molar-refractivity contribution in [3.8, 4) is 0 Å². The summed E-state index contributed by atoms with van der Waals surface area (Å²) in [6, 6.07) is 0. The van der Waals surface area contributed by atoms with E-state index < -0.39 is 27.6 Å². The summed E-state index contributed by atoms with van der Waals surface area (Å²) in [7, 11) is -4.25. The molecule has 10 heteroatoms. The molecule has 0 saturated carbocycles. The zero-order chi connectivity index (χ0) is 15.7. The molecule has 0 radical (unpaired) electrons. The molecule has 0 unspecified atom stereocenters. The van der Waals surface area contributed by atoms with Crippen LogP contribution in [0.4, 0.5) is 19.1 Å². The van der Waals surface area contributed by atoms with Crippen LogP contribution in [0.2, 0.25) is 0 Å². The minimum Gasteiger partial charge on any atom is -0.748 e. The van der Waals surface area contributed by atoms with Crippen molar-refractivity contribution in [1.82, 2.24) is 9.97 Å². The monoisotopic (exact) mass is 324 g/mol. The van der Waals surface area contributed by atoms with Crippen molar-refractivity contribution >= 4 is 16.1 Å². The summed E-state index contributed by atoms with van der Waals surface area (Å²) in [5.74, 6) is -0.459. The Hall–Kier alpha value is -1.42. The van der Waals surface area contributed by atoms with Crippen molar-refractivity contribution in [3.63, 3.8) is 0 Å². The van der Waals surface area contributed by atoms with Gasteiger partial charge in [-0.1, -0.05) is 0 Å². The van der Waals surface area contributed by atoms with E-state index in [0.29, 0.717) is 25.9 Å². The van der Waals surface area contributed by atoms with E-state index in [2.05, 4.69) is 9.97 Å². The molecule has 0 aromatic carbocycles. The van der Waals surface area contributed by atoms with E-state index >= 15 is 0 Å². The van der Waals surface area contributed by atoms with Crippen LogP contribution in [-0.4, -0.2) is 41.8 Å². The molecule has 2 rings (SSSR count). The molecule has 6 nitrogen and oxygen atoms in total. The van der Waals surface area contributed by atoms with Crippen LogP contribution < -0.4 is 4.90 Å². The Morgan fingerprint density at radius 2 is 1.76 bits per heavy atom. The van der Waals surface area contributed by atoms with Gasteiger partial charge in [0.05, 0.1) is 15.7 Å². The Labute approximate surface area is 119 Å². The van der Waals surface area contributed by atoms with Crippen molar-refractivity contribution in [3.05, 3.63) is 18.0 Å². The van der Waals surface area contributed by atoms with Crippen molar-refractivity contribution in [2.45, 2.75) is 19.0 Å². The van der Waals surface area contributed by atoms with Gasteiger partial charge in [0.25, 0.3) is 0 Å². The Kier molecular flexibility index (Phi) is 4.38. The quantitative estimate of drug-likeness (QED) is 0.778. The van der Waals surface area contributed by atoms with E-state index in [1.807, 2.05) is 0 Å². The van der Waals surface area contributed by atoms with Crippen LogP contribution in [0.5, 0.6) is 0 Å². The SMILES string of the molecule is O=S(=O)([O-])CC1CCN(c2ncc(C(F)(F)F)cn2)CC1. The lowest BCUT2D eigenvalue weighted by Crippen LogP contribution is -2.37. The van der Waals surface area contributed by atoms with Gasteiger partial charge in [-0.2, -0.15) is 13.2 Å². The number of anilines is 1. The molecule has 0 amide bonds. The maximum atomic E-state index is 12.4. The largest absolute Gasteiger partial charge is 0.748 e. The van der Waals surface area contributed by atoms with Gasteiger partial charge in [-0.3, -0.25) is 0 Å². The number of hydrogen-bond donors (Lipinski definition) is 0. The van der Waals surface area contributed by atoms with Gasteiger partial charge in [0.1, 0.15) is 0 Å². The summed E-state index contributed by atoms with van der Waals surface area (Å²) in [6.45, 7) is 0.817. The van der Waals surface area contributed by atoms with Crippen molar-refractivity contribution in [2.75, 3.05) is 23.7 Å². The van der Waals surface area contributed by atoms with Crippen LogP contribution >= 0.6 is 0 Å². The highest BCUT2D eigenvalue weighted by molar-refractivity contribution is 7.85. The van der Waals surface area contributed by atoms with E-state index in [4.69, 9.17) is 0 Å². The zero-order valence-corrected chi connectivity index (χ0v) is 11.7. The van der Waals surface area contributed by atoms with E-state index in [0.717, 1.165) is 12.4 Å². The molecular formula is C11H13F3N3O3S-. The highest BCUT2D eigenvalue weighted by Crippen LogP contribution is 2.29. The van der Waals surface area contributed by atoms with Gasteiger partial charge in [0.15, 0.2) is 0 Å². The summed E-state index contributed by atoms with van der Waals surface area (Å²) in [5, 5.41) is 0. The number of aromatic nitrogens is 2. The number of rotatable bonds is 3. The first kappa shape index (κ1) is 16.0. The molecule has 1 aliphatic rings. The van der Waals surface area contributed by atoms with Gasteiger partial charge < -0.3 is 9.45 Å². The molecule has 1 aliphatic heterocycles. The summed E-state index contributed by atoms with van der Waals surface area (Å²) < 4.78 is 69.2. The Morgan fingerprint density at radius 3 is 2.19 bits per heavy atom. The van der Waals surface area contributed by atoms with E-state index in [9.17, 15) is 26.1 Å². The van der Waals surface area contributed by atoms with Gasteiger partial charge in [-0.25, -0.2) is 18.4 Å². The number of nitrogens with zero attached hydrogens (tertiary/aromatic N) is 3. The fourth-order valence-electron chi connectivity index (χ4n) is 2.22. The van der Waals surface area contributed by atoms with Crippen LogP contribution in [-0.2, 0) is 16.3 Å². The van der Waals surface area contributed by atoms with Crippen LogP contribution in [0.25, 0.3) is 0 Å². The van der Waals surface area contributed by atoms with Crippen LogP contribution in [0.3, 0.4) is 0 Å². The molecule has 2 heterocycles. The van der Waals surface area contributed by atoms with Gasteiger partial charge in [-0.05, 0) is 18.8 Å². The Balaban J connectivity index is 1.96. The minimum atomic E-state index is -4.48. The molecule has 118 valence electrons.